The van der Waals surface area contributed by atoms with Crippen molar-refractivity contribution in [2.24, 2.45) is 0 Å². The third-order valence-corrected chi connectivity index (χ3v) is 5.38. The van der Waals surface area contributed by atoms with Crippen molar-refractivity contribution in [2.75, 3.05) is 6.54 Å². The summed E-state index contributed by atoms with van der Waals surface area (Å²) in [6.45, 7) is 2.56. The summed E-state index contributed by atoms with van der Waals surface area (Å²) in [5.74, 6) is 0.732. The lowest BCUT2D eigenvalue weighted by Gasteiger charge is -2.07. The summed E-state index contributed by atoms with van der Waals surface area (Å²) in [5, 5.41) is 0. The Morgan fingerprint density at radius 3 is 2.50 bits per heavy atom. The van der Waals surface area contributed by atoms with E-state index in [0.29, 0.717) is 6.54 Å². The zero-order chi connectivity index (χ0) is 17.0. The van der Waals surface area contributed by atoms with Crippen molar-refractivity contribution < 1.29 is 8.42 Å². The Balaban J connectivity index is 1.77. The molecule has 0 unspecified atom stereocenters. The van der Waals surface area contributed by atoms with Crippen LogP contribution in [0.3, 0.4) is 0 Å². The van der Waals surface area contributed by atoms with Crippen LogP contribution in [0, 0.1) is 0 Å². The predicted octanol–water partition coefficient (Wildman–Crippen LogP) is 3.70. The Labute approximate surface area is 142 Å². The summed E-state index contributed by atoms with van der Waals surface area (Å²) in [5.41, 5.74) is 2.71. The first-order chi connectivity index (χ1) is 11.6. The summed E-state index contributed by atoms with van der Waals surface area (Å²) in [7, 11) is -3.44. The van der Waals surface area contributed by atoms with Crippen molar-refractivity contribution in [2.45, 2.75) is 31.1 Å². The lowest BCUT2D eigenvalue weighted by molar-refractivity contribution is 0.576. The average molecular weight is 343 g/mol. The minimum Gasteiger partial charge on any atom is -0.338 e. The number of imidazole rings is 1. The fourth-order valence-electron chi connectivity index (χ4n) is 2.55. The highest BCUT2D eigenvalue weighted by molar-refractivity contribution is 7.89. The maximum absolute atomic E-state index is 12.2. The number of para-hydroxylation sites is 2. The highest BCUT2D eigenvalue weighted by atomic mass is 32.2. The number of aromatic amines is 1. The minimum atomic E-state index is -3.44. The third-order valence-electron chi connectivity index (χ3n) is 3.90. The van der Waals surface area contributed by atoms with Gasteiger partial charge in [-0.2, -0.15) is 0 Å². The Morgan fingerprint density at radius 1 is 1.04 bits per heavy atom. The maximum Gasteiger partial charge on any atom is 0.240 e. The van der Waals surface area contributed by atoms with Crippen LogP contribution in [0.5, 0.6) is 0 Å². The average Bonchev–Trinajstić information content (AvgIpc) is 3.03. The molecule has 0 saturated heterocycles. The van der Waals surface area contributed by atoms with Gasteiger partial charge in [-0.1, -0.05) is 31.9 Å². The Morgan fingerprint density at radius 2 is 1.79 bits per heavy atom. The first-order valence-corrected chi connectivity index (χ1v) is 9.63. The van der Waals surface area contributed by atoms with Crippen molar-refractivity contribution in [3.05, 3.63) is 48.5 Å². The van der Waals surface area contributed by atoms with Gasteiger partial charge in [-0.05, 0) is 42.8 Å². The van der Waals surface area contributed by atoms with Gasteiger partial charge in [-0.3, -0.25) is 0 Å². The smallest absolute Gasteiger partial charge is 0.240 e. The molecule has 0 spiro atoms. The second-order valence-corrected chi connectivity index (χ2v) is 7.50. The van der Waals surface area contributed by atoms with E-state index < -0.39 is 10.0 Å². The van der Waals surface area contributed by atoms with Crippen LogP contribution in [0.1, 0.15) is 26.2 Å². The van der Waals surface area contributed by atoms with Crippen LogP contribution >= 0.6 is 0 Å². The number of sulfonamides is 1. The van der Waals surface area contributed by atoms with Crippen molar-refractivity contribution in [1.82, 2.24) is 14.7 Å². The number of unbranched alkanes of at least 4 members (excludes halogenated alkanes) is 2. The van der Waals surface area contributed by atoms with Crippen molar-refractivity contribution in [3.8, 4) is 11.4 Å². The minimum absolute atomic E-state index is 0.277. The van der Waals surface area contributed by atoms with Crippen molar-refractivity contribution in [3.63, 3.8) is 0 Å². The fourth-order valence-corrected chi connectivity index (χ4v) is 3.62. The first-order valence-electron chi connectivity index (χ1n) is 8.15. The van der Waals surface area contributed by atoms with Crippen molar-refractivity contribution >= 4 is 21.1 Å². The van der Waals surface area contributed by atoms with E-state index in [4.69, 9.17) is 0 Å². The van der Waals surface area contributed by atoms with Crippen LogP contribution in [0.2, 0.25) is 0 Å². The zero-order valence-electron chi connectivity index (χ0n) is 13.6. The molecule has 1 heterocycles. The van der Waals surface area contributed by atoms with E-state index in [1.165, 1.54) is 0 Å². The molecule has 0 bridgehead atoms. The molecule has 0 fully saturated rings. The van der Waals surface area contributed by atoms with Crippen LogP contribution in [0.15, 0.2) is 53.4 Å². The summed E-state index contributed by atoms with van der Waals surface area (Å²) in [6, 6.07) is 14.6. The van der Waals surface area contributed by atoms with E-state index in [9.17, 15) is 8.42 Å². The van der Waals surface area contributed by atoms with Crippen LogP contribution < -0.4 is 4.72 Å². The summed E-state index contributed by atoms with van der Waals surface area (Å²) in [4.78, 5) is 8.04. The molecule has 3 aromatic rings. The molecule has 0 aliphatic carbocycles. The number of hydrogen-bond donors (Lipinski definition) is 2. The number of H-pyrrole nitrogens is 1. The molecule has 3 rings (SSSR count). The quantitative estimate of drug-likeness (QED) is 0.642. The van der Waals surface area contributed by atoms with Gasteiger partial charge < -0.3 is 4.98 Å². The van der Waals surface area contributed by atoms with Gasteiger partial charge in [-0.25, -0.2) is 18.1 Å². The Hall–Kier alpha value is -2.18. The molecule has 126 valence electrons. The number of fused-ring (bicyclic) bond motifs is 1. The second kappa shape index (κ2) is 7.15. The van der Waals surface area contributed by atoms with Gasteiger partial charge in [0, 0.05) is 12.1 Å². The predicted molar refractivity (Wildman–Crippen MR) is 96.2 cm³/mol. The van der Waals surface area contributed by atoms with Gasteiger partial charge >= 0.3 is 0 Å². The van der Waals surface area contributed by atoms with Crippen LogP contribution in [-0.4, -0.2) is 24.9 Å². The molecule has 0 saturated carbocycles. The number of hydrogen-bond acceptors (Lipinski definition) is 3. The number of nitrogens with one attached hydrogen (secondary N) is 2. The first kappa shape index (κ1) is 16.7. The van der Waals surface area contributed by atoms with Crippen LogP contribution in [0.4, 0.5) is 0 Å². The highest BCUT2D eigenvalue weighted by Crippen LogP contribution is 2.21. The van der Waals surface area contributed by atoms with Crippen LogP contribution in [0.25, 0.3) is 22.4 Å². The van der Waals surface area contributed by atoms with Crippen molar-refractivity contribution in [1.29, 1.82) is 0 Å². The van der Waals surface area contributed by atoms with Gasteiger partial charge in [-0.15, -0.1) is 0 Å². The van der Waals surface area contributed by atoms with Gasteiger partial charge in [0.25, 0.3) is 0 Å². The molecule has 5 nitrogen and oxygen atoms in total. The molecule has 2 N–H and O–H groups in total. The van der Waals surface area contributed by atoms with Crippen LogP contribution in [-0.2, 0) is 10.0 Å². The summed E-state index contributed by atoms with van der Waals surface area (Å²) >= 11 is 0. The molecule has 0 aliphatic heterocycles. The van der Waals surface area contributed by atoms with E-state index in [1.807, 2.05) is 24.3 Å². The molecule has 0 atom stereocenters. The number of nitrogens with zero attached hydrogens (tertiary/aromatic N) is 1. The molecule has 6 heteroatoms. The molecule has 24 heavy (non-hydrogen) atoms. The summed E-state index contributed by atoms with van der Waals surface area (Å²) < 4.78 is 27.1. The molecule has 1 aromatic heterocycles. The monoisotopic (exact) mass is 343 g/mol. The number of rotatable bonds is 7. The standard InChI is InChI=1S/C18H21N3O2S/c1-2-3-6-13-19-24(22,23)15-11-9-14(10-12-15)18-20-16-7-4-5-8-17(16)21-18/h4-5,7-12,19H,2-3,6,13H2,1H3,(H,20,21). The Bertz CT molecular complexity index is 882. The fraction of sp³-hybridized carbons (Fsp3) is 0.278. The zero-order valence-corrected chi connectivity index (χ0v) is 14.4. The third kappa shape index (κ3) is 3.66. The van der Waals surface area contributed by atoms with E-state index in [-0.39, 0.29) is 4.90 Å². The molecule has 0 aliphatic rings. The number of benzene rings is 2. The van der Waals surface area contributed by atoms with Gasteiger partial charge in [0.05, 0.1) is 15.9 Å². The SMILES string of the molecule is CCCCCNS(=O)(=O)c1ccc(-c2nc3ccccc3[nH]2)cc1. The number of aromatic nitrogens is 2. The van der Waals surface area contributed by atoms with Gasteiger partial charge in [0.15, 0.2) is 0 Å². The second-order valence-electron chi connectivity index (χ2n) is 5.73. The molecule has 0 radical (unpaired) electrons. The van der Waals surface area contributed by atoms with E-state index in [1.54, 1.807) is 24.3 Å². The molecule has 2 aromatic carbocycles. The van der Waals surface area contributed by atoms with Gasteiger partial charge in [0.1, 0.15) is 5.82 Å². The summed E-state index contributed by atoms with van der Waals surface area (Å²) in [6.07, 6.45) is 2.94. The lowest BCUT2D eigenvalue weighted by Crippen LogP contribution is -2.24. The normalized spacial score (nSPS) is 11.9. The van der Waals surface area contributed by atoms with E-state index >= 15 is 0 Å². The molecule has 0 amide bonds. The van der Waals surface area contributed by atoms with E-state index in [0.717, 1.165) is 41.7 Å². The lowest BCUT2D eigenvalue weighted by atomic mass is 10.2. The Kier molecular flexibility index (Phi) is 4.97. The molecular weight excluding hydrogens is 322 g/mol. The maximum atomic E-state index is 12.2. The highest BCUT2D eigenvalue weighted by Gasteiger charge is 2.13. The largest absolute Gasteiger partial charge is 0.338 e. The molecular formula is C18H21N3O2S. The van der Waals surface area contributed by atoms with E-state index in [2.05, 4.69) is 21.6 Å². The van der Waals surface area contributed by atoms with Gasteiger partial charge in [0.2, 0.25) is 10.0 Å². The topological polar surface area (TPSA) is 74.8 Å².